The Hall–Kier alpha value is -0.780. The molecule has 5 heteroatoms. The van der Waals surface area contributed by atoms with E-state index in [1.54, 1.807) is 14.2 Å². The molecule has 0 aromatic heterocycles. The van der Waals surface area contributed by atoms with Gasteiger partial charge in [-0.25, -0.2) is 0 Å². The van der Waals surface area contributed by atoms with Crippen LogP contribution in [0.25, 0.3) is 0 Å². The molecule has 1 aromatic carbocycles. The largest absolute Gasteiger partial charge is 0.495 e. The summed E-state index contributed by atoms with van der Waals surface area (Å²) in [6.07, 6.45) is 0.820. The first-order valence-corrected chi connectivity index (χ1v) is 7.17. The minimum Gasteiger partial charge on any atom is -0.495 e. The third-order valence-electron chi connectivity index (χ3n) is 3.06. The second kappa shape index (κ2) is 7.72. The summed E-state index contributed by atoms with van der Waals surface area (Å²) in [7, 11) is 3.24. The van der Waals surface area contributed by atoms with Gasteiger partial charge in [-0.2, -0.15) is 0 Å². The van der Waals surface area contributed by atoms with Crippen LogP contribution in [0.3, 0.4) is 0 Å². The Morgan fingerprint density at radius 3 is 2.37 bits per heavy atom. The summed E-state index contributed by atoms with van der Waals surface area (Å²) in [5.74, 6) is 1.42. The predicted molar refractivity (Wildman–Crippen MR) is 79.9 cm³/mol. The molecule has 0 aliphatic carbocycles. The van der Waals surface area contributed by atoms with Crippen molar-refractivity contribution in [2.75, 3.05) is 20.8 Å². The maximum atomic E-state index is 6.31. The molecule has 0 radical (unpaired) electrons. The van der Waals surface area contributed by atoms with E-state index in [1.807, 2.05) is 19.1 Å². The van der Waals surface area contributed by atoms with Gasteiger partial charge in [0.15, 0.2) is 0 Å². The van der Waals surface area contributed by atoms with Crippen molar-refractivity contribution < 1.29 is 14.2 Å². The molecule has 0 saturated carbocycles. The topological polar surface area (TPSA) is 53.7 Å². The van der Waals surface area contributed by atoms with Gasteiger partial charge in [0.2, 0.25) is 0 Å². The molecule has 19 heavy (non-hydrogen) atoms. The Kier molecular flexibility index (Phi) is 6.62. The number of hydrogen-bond acceptors (Lipinski definition) is 4. The summed E-state index contributed by atoms with van der Waals surface area (Å²) in [4.78, 5) is 0. The van der Waals surface area contributed by atoms with Gasteiger partial charge in [-0.05, 0) is 41.4 Å². The highest BCUT2D eigenvalue weighted by molar-refractivity contribution is 9.10. The summed E-state index contributed by atoms with van der Waals surface area (Å²) in [6.45, 7) is 4.67. The van der Waals surface area contributed by atoms with E-state index in [-0.39, 0.29) is 12.1 Å². The Bertz CT molecular complexity index is 412. The Morgan fingerprint density at radius 1 is 1.21 bits per heavy atom. The molecule has 0 heterocycles. The molecule has 0 fully saturated rings. The van der Waals surface area contributed by atoms with Gasteiger partial charge >= 0.3 is 0 Å². The molecular weight excluding hydrogens is 310 g/mol. The number of methoxy groups -OCH3 is 2. The fraction of sp³-hybridized carbons (Fsp3) is 0.571. The standard InChI is InChI=1S/C14H22BrNO3/c1-5-10(19-6-2)13(16)9-7-8-11(17-3)12(15)14(9)18-4/h7-8,10,13H,5-6,16H2,1-4H3. The third kappa shape index (κ3) is 3.61. The van der Waals surface area contributed by atoms with Crippen molar-refractivity contribution in [3.63, 3.8) is 0 Å². The number of halogens is 1. The Labute approximate surface area is 123 Å². The molecule has 1 aromatic rings. The highest BCUT2D eigenvalue weighted by Gasteiger charge is 2.24. The molecule has 2 atom stereocenters. The number of rotatable bonds is 7. The van der Waals surface area contributed by atoms with Gasteiger partial charge in [-0.1, -0.05) is 6.92 Å². The number of nitrogens with two attached hydrogens (primary N) is 1. The zero-order chi connectivity index (χ0) is 14.4. The van der Waals surface area contributed by atoms with Gasteiger partial charge in [-0.15, -0.1) is 0 Å². The van der Waals surface area contributed by atoms with E-state index in [1.165, 1.54) is 0 Å². The Balaban J connectivity index is 3.15. The highest BCUT2D eigenvalue weighted by Crippen LogP contribution is 2.40. The van der Waals surface area contributed by atoms with Crippen LogP contribution < -0.4 is 15.2 Å². The summed E-state index contributed by atoms with van der Waals surface area (Å²) >= 11 is 3.48. The average Bonchev–Trinajstić information content (AvgIpc) is 2.43. The van der Waals surface area contributed by atoms with Crippen molar-refractivity contribution >= 4 is 15.9 Å². The maximum Gasteiger partial charge on any atom is 0.141 e. The van der Waals surface area contributed by atoms with Crippen LogP contribution >= 0.6 is 15.9 Å². The van der Waals surface area contributed by atoms with Crippen molar-refractivity contribution in [1.29, 1.82) is 0 Å². The summed E-state index contributed by atoms with van der Waals surface area (Å²) < 4.78 is 17.2. The monoisotopic (exact) mass is 331 g/mol. The first-order valence-electron chi connectivity index (χ1n) is 6.38. The van der Waals surface area contributed by atoms with E-state index in [2.05, 4.69) is 22.9 Å². The molecule has 0 bridgehead atoms. The second-order valence-electron chi connectivity index (χ2n) is 4.13. The summed E-state index contributed by atoms with van der Waals surface area (Å²) in [5.41, 5.74) is 7.22. The number of ether oxygens (including phenoxy) is 3. The van der Waals surface area contributed by atoms with E-state index < -0.39 is 0 Å². The van der Waals surface area contributed by atoms with Gasteiger partial charge in [0.05, 0.1) is 26.4 Å². The molecule has 108 valence electrons. The van der Waals surface area contributed by atoms with Crippen molar-refractivity contribution in [3.05, 3.63) is 22.2 Å². The lowest BCUT2D eigenvalue weighted by Crippen LogP contribution is -2.29. The smallest absolute Gasteiger partial charge is 0.141 e. The SMILES string of the molecule is CCOC(CC)C(N)c1ccc(OC)c(Br)c1OC. The molecule has 4 nitrogen and oxygen atoms in total. The lowest BCUT2D eigenvalue weighted by molar-refractivity contribution is 0.0407. The zero-order valence-corrected chi connectivity index (χ0v) is 13.5. The van der Waals surface area contributed by atoms with Gasteiger partial charge in [0, 0.05) is 12.2 Å². The third-order valence-corrected chi connectivity index (χ3v) is 3.81. The maximum absolute atomic E-state index is 6.31. The lowest BCUT2D eigenvalue weighted by atomic mass is 9.99. The zero-order valence-electron chi connectivity index (χ0n) is 11.9. The van der Waals surface area contributed by atoms with E-state index in [9.17, 15) is 0 Å². The Morgan fingerprint density at radius 2 is 1.89 bits per heavy atom. The molecule has 2 unspecified atom stereocenters. The highest BCUT2D eigenvalue weighted by atomic mass is 79.9. The molecule has 0 saturated heterocycles. The number of benzene rings is 1. The van der Waals surface area contributed by atoms with Crippen molar-refractivity contribution in [2.24, 2.45) is 5.73 Å². The van der Waals surface area contributed by atoms with Crippen LogP contribution in [0.4, 0.5) is 0 Å². The fourth-order valence-electron chi connectivity index (χ4n) is 2.07. The first kappa shape index (κ1) is 16.3. The van der Waals surface area contributed by atoms with E-state index in [0.29, 0.717) is 12.4 Å². The van der Waals surface area contributed by atoms with Crippen LogP contribution in [-0.4, -0.2) is 26.9 Å². The normalized spacial score (nSPS) is 14.0. The quantitative estimate of drug-likeness (QED) is 0.833. The molecule has 0 aliphatic heterocycles. The lowest BCUT2D eigenvalue weighted by Gasteiger charge is -2.25. The van der Waals surface area contributed by atoms with Gasteiger partial charge in [0.1, 0.15) is 16.0 Å². The predicted octanol–water partition coefficient (Wildman–Crippen LogP) is 3.28. The van der Waals surface area contributed by atoms with Crippen LogP contribution in [0, 0.1) is 0 Å². The minimum atomic E-state index is -0.234. The van der Waals surface area contributed by atoms with Crippen molar-refractivity contribution in [1.82, 2.24) is 0 Å². The van der Waals surface area contributed by atoms with E-state index in [4.69, 9.17) is 19.9 Å². The first-order chi connectivity index (χ1) is 9.10. The molecular formula is C14H22BrNO3. The van der Waals surface area contributed by atoms with Crippen molar-refractivity contribution in [2.45, 2.75) is 32.4 Å². The molecule has 0 spiro atoms. The van der Waals surface area contributed by atoms with Crippen molar-refractivity contribution in [3.8, 4) is 11.5 Å². The van der Waals surface area contributed by atoms with Crippen LogP contribution in [0.15, 0.2) is 16.6 Å². The van der Waals surface area contributed by atoms with Crippen LogP contribution in [-0.2, 0) is 4.74 Å². The summed E-state index contributed by atoms with van der Waals surface area (Å²) in [6, 6.07) is 3.57. The van der Waals surface area contributed by atoms with Crippen LogP contribution in [0.2, 0.25) is 0 Å². The molecule has 2 N–H and O–H groups in total. The second-order valence-corrected chi connectivity index (χ2v) is 4.93. The van der Waals surface area contributed by atoms with Gasteiger partial charge < -0.3 is 19.9 Å². The van der Waals surface area contributed by atoms with Crippen LogP contribution in [0.5, 0.6) is 11.5 Å². The summed E-state index contributed by atoms with van der Waals surface area (Å²) in [5, 5.41) is 0. The molecule has 0 aliphatic rings. The minimum absolute atomic E-state index is 0.0285. The number of hydrogen-bond donors (Lipinski definition) is 1. The van der Waals surface area contributed by atoms with Gasteiger partial charge in [0.25, 0.3) is 0 Å². The molecule has 1 rings (SSSR count). The van der Waals surface area contributed by atoms with E-state index in [0.717, 1.165) is 22.2 Å². The van der Waals surface area contributed by atoms with Gasteiger partial charge in [-0.3, -0.25) is 0 Å². The average molecular weight is 332 g/mol. The van der Waals surface area contributed by atoms with Crippen LogP contribution in [0.1, 0.15) is 31.9 Å². The fourth-order valence-corrected chi connectivity index (χ4v) is 2.76. The molecule has 0 amide bonds. The van der Waals surface area contributed by atoms with E-state index >= 15 is 0 Å².